The molecule has 0 fully saturated rings. The van der Waals surface area contributed by atoms with Crippen molar-refractivity contribution < 1.29 is 0 Å². The van der Waals surface area contributed by atoms with E-state index in [0.717, 1.165) is 13.1 Å². The lowest BCUT2D eigenvalue weighted by molar-refractivity contribution is 0.673. The van der Waals surface area contributed by atoms with Gasteiger partial charge in [0.1, 0.15) is 5.01 Å². The van der Waals surface area contributed by atoms with Gasteiger partial charge in [-0.3, -0.25) is 0 Å². The molecule has 0 aliphatic carbocycles. The average molecular weight is 198 g/mol. The first-order chi connectivity index (χ1) is 6.24. The molecule has 1 heterocycles. The first-order valence-electron chi connectivity index (χ1n) is 4.89. The second kappa shape index (κ2) is 5.35. The van der Waals surface area contributed by atoms with Crippen molar-refractivity contribution in [3.8, 4) is 0 Å². The van der Waals surface area contributed by atoms with Crippen molar-refractivity contribution >= 4 is 11.3 Å². The highest BCUT2D eigenvalue weighted by Gasteiger charge is 2.04. The largest absolute Gasteiger partial charge is 0.310 e. The van der Waals surface area contributed by atoms with Gasteiger partial charge in [-0.1, -0.05) is 20.8 Å². The molecule has 3 heteroatoms. The number of hydrogen-bond donors (Lipinski definition) is 1. The van der Waals surface area contributed by atoms with Crippen LogP contribution in [0.2, 0.25) is 0 Å². The van der Waals surface area contributed by atoms with Crippen LogP contribution in [0.1, 0.15) is 43.0 Å². The van der Waals surface area contributed by atoms with Crippen LogP contribution in [0.4, 0.5) is 0 Å². The van der Waals surface area contributed by atoms with Crippen molar-refractivity contribution in [3.63, 3.8) is 0 Å². The summed E-state index contributed by atoms with van der Waals surface area (Å²) in [6.07, 6.45) is 3.18. The Morgan fingerprint density at radius 2 is 2.31 bits per heavy atom. The lowest BCUT2D eigenvalue weighted by Crippen LogP contribution is -2.13. The summed E-state index contributed by atoms with van der Waals surface area (Å²) in [5.41, 5.74) is 0. The van der Waals surface area contributed by atoms with E-state index >= 15 is 0 Å². The fraction of sp³-hybridized carbons (Fsp3) is 0.700. The molecule has 1 aromatic rings. The van der Waals surface area contributed by atoms with E-state index in [1.54, 1.807) is 0 Å². The van der Waals surface area contributed by atoms with Crippen LogP contribution in [0.15, 0.2) is 6.20 Å². The minimum Gasteiger partial charge on any atom is -0.310 e. The van der Waals surface area contributed by atoms with Crippen LogP contribution in [-0.2, 0) is 6.54 Å². The van der Waals surface area contributed by atoms with Crippen LogP contribution < -0.4 is 5.32 Å². The first kappa shape index (κ1) is 10.7. The zero-order valence-corrected chi connectivity index (χ0v) is 9.45. The van der Waals surface area contributed by atoms with Crippen LogP contribution >= 0.6 is 11.3 Å². The highest BCUT2D eigenvalue weighted by molar-refractivity contribution is 7.11. The maximum absolute atomic E-state index is 4.37. The fourth-order valence-corrected chi connectivity index (χ4v) is 1.94. The molecule has 0 aromatic carbocycles. The number of nitrogens with one attached hydrogen (secondary N) is 1. The van der Waals surface area contributed by atoms with E-state index in [9.17, 15) is 0 Å². The van der Waals surface area contributed by atoms with Crippen molar-refractivity contribution in [2.24, 2.45) is 0 Å². The van der Waals surface area contributed by atoms with Gasteiger partial charge in [-0.25, -0.2) is 4.98 Å². The van der Waals surface area contributed by atoms with E-state index < -0.39 is 0 Å². The van der Waals surface area contributed by atoms with Gasteiger partial charge in [-0.2, -0.15) is 0 Å². The van der Waals surface area contributed by atoms with E-state index in [-0.39, 0.29) is 0 Å². The molecule has 0 unspecified atom stereocenters. The van der Waals surface area contributed by atoms with E-state index in [4.69, 9.17) is 0 Å². The Morgan fingerprint density at radius 1 is 1.54 bits per heavy atom. The molecule has 0 amide bonds. The summed E-state index contributed by atoms with van der Waals surface area (Å²) < 4.78 is 0. The minimum atomic E-state index is 0.609. The molecule has 0 aliphatic heterocycles. The minimum absolute atomic E-state index is 0.609. The van der Waals surface area contributed by atoms with Crippen molar-refractivity contribution in [2.45, 2.75) is 39.7 Å². The monoisotopic (exact) mass is 198 g/mol. The smallest absolute Gasteiger partial charge is 0.107 e. The van der Waals surface area contributed by atoms with Gasteiger partial charge in [0.05, 0.1) is 0 Å². The molecular weight excluding hydrogens is 180 g/mol. The van der Waals surface area contributed by atoms with Gasteiger partial charge in [-0.05, 0) is 18.9 Å². The molecule has 0 saturated carbocycles. The molecule has 0 aliphatic rings. The normalized spacial score (nSPS) is 11.1. The SMILES string of the molecule is CCCNCc1ncc(C(C)C)s1. The Kier molecular flexibility index (Phi) is 4.39. The summed E-state index contributed by atoms with van der Waals surface area (Å²) in [5.74, 6) is 0.609. The predicted molar refractivity (Wildman–Crippen MR) is 58.2 cm³/mol. The molecule has 2 nitrogen and oxygen atoms in total. The van der Waals surface area contributed by atoms with Crippen molar-refractivity contribution in [2.75, 3.05) is 6.54 Å². The lowest BCUT2D eigenvalue weighted by atomic mass is 10.2. The second-order valence-corrected chi connectivity index (χ2v) is 4.63. The van der Waals surface area contributed by atoms with Gasteiger partial charge >= 0.3 is 0 Å². The molecular formula is C10H18N2S. The maximum Gasteiger partial charge on any atom is 0.107 e. The lowest BCUT2D eigenvalue weighted by Gasteiger charge is -1.98. The zero-order chi connectivity index (χ0) is 9.68. The van der Waals surface area contributed by atoms with Gasteiger partial charge in [-0.15, -0.1) is 11.3 Å². The Hall–Kier alpha value is -0.410. The fourth-order valence-electron chi connectivity index (χ4n) is 1.05. The Labute approximate surface area is 84.4 Å². The van der Waals surface area contributed by atoms with Gasteiger partial charge in [0.25, 0.3) is 0 Å². The maximum atomic E-state index is 4.37. The second-order valence-electron chi connectivity index (χ2n) is 3.49. The van der Waals surface area contributed by atoms with Crippen LogP contribution in [0.3, 0.4) is 0 Å². The quantitative estimate of drug-likeness (QED) is 0.736. The molecule has 0 atom stereocenters. The number of hydrogen-bond acceptors (Lipinski definition) is 3. The van der Waals surface area contributed by atoms with E-state index in [1.807, 2.05) is 17.5 Å². The number of aromatic nitrogens is 1. The van der Waals surface area contributed by atoms with Gasteiger partial charge < -0.3 is 5.32 Å². The molecule has 1 N–H and O–H groups in total. The summed E-state index contributed by atoms with van der Waals surface area (Å²) in [4.78, 5) is 5.75. The molecule has 1 rings (SSSR count). The molecule has 0 bridgehead atoms. The average Bonchev–Trinajstić information content (AvgIpc) is 2.53. The number of rotatable bonds is 5. The van der Waals surface area contributed by atoms with Crippen LogP contribution in [0, 0.1) is 0 Å². The molecule has 0 spiro atoms. The zero-order valence-electron chi connectivity index (χ0n) is 8.63. The summed E-state index contributed by atoms with van der Waals surface area (Å²) in [6.45, 7) is 8.59. The molecule has 1 aromatic heterocycles. The molecule has 0 radical (unpaired) electrons. The summed E-state index contributed by atoms with van der Waals surface area (Å²) in [5, 5.41) is 4.56. The number of nitrogens with zero attached hydrogens (tertiary/aromatic N) is 1. The summed E-state index contributed by atoms with van der Waals surface area (Å²) in [7, 11) is 0. The third-order valence-electron chi connectivity index (χ3n) is 1.84. The highest BCUT2D eigenvalue weighted by atomic mass is 32.1. The number of thiazole rings is 1. The molecule has 13 heavy (non-hydrogen) atoms. The van der Waals surface area contributed by atoms with Gasteiger partial charge in [0.2, 0.25) is 0 Å². The van der Waals surface area contributed by atoms with E-state index in [1.165, 1.54) is 16.3 Å². The third-order valence-corrected chi connectivity index (χ3v) is 3.14. The standard InChI is InChI=1S/C10H18N2S/c1-4-5-11-7-10-12-6-9(13-10)8(2)3/h6,8,11H,4-5,7H2,1-3H3. The van der Waals surface area contributed by atoms with Crippen molar-refractivity contribution in [1.29, 1.82) is 0 Å². The third kappa shape index (κ3) is 3.44. The van der Waals surface area contributed by atoms with Crippen LogP contribution in [0.25, 0.3) is 0 Å². The molecule has 0 saturated heterocycles. The predicted octanol–water partition coefficient (Wildman–Crippen LogP) is 2.77. The van der Waals surface area contributed by atoms with Gasteiger partial charge in [0, 0.05) is 17.6 Å². The highest BCUT2D eigenvalue weighted by Crippen LogP contribution is 2.21. The topological polar surface area (TPSA) is 24.9 Å². The van der Waals surface area contributed by atoms with E-state index in [2.05, 4.69) is 31.1 Å². The molecule has 74 valence electrons. The Morgan fingerprint density at radius 3 is 2.85 bits per heavy atom. The summed E-state index contributed by atoms with van der Waals surface area (Å²) >= 11 is 1.82. The van der Waals surface area contributed by atoms with Gasteiger partial charge in [0.15, 0.2) is 0 Å². The first-order valence-corrected chi connectivity index (χ1v) is 5.71. The Bertz CT molecular complexity index is 243. The van der Waals surface area contributed by atoms with Crippen molar-refractivity contribution in [1.82, 2.24) is 10.3 Å². The Balaban J connectivity index is 2.40. The summed E-state index contributed by atoms with van der Waals surface area (Å²) in [6, 6.07) is 0. The van der Waals surface area contributed by atoms with Crippen LogP contribution in [-0.4, -0.2) is 11.5 Å². The van der Waals surface area contributed by atoms with Crippen LogP contribution in [0.5, 0.6) is 0 Å². The van der Waals surface area contributed by atoms with E-state index in [0.29, 0.717) is 5.92 Å². The van der Waals surface area contributed by atoms with Crippen molar-refractivity contribution in [3.05, 3.63) is 16.1 Å².